The van der Waals surface area contributed by atoms with Crippen LogP contribution in [-0.4, -0.2) is 8.42 Å². The Morgan fingerprint density at radius 2 is 1.70 bits per heavy atom. The molecule has 0 saturated heterocycles. The predicted molar refractivity (Wildman–Crippen MR) is 94.0 cm³/mol. The number of rotatable bonds is 3. The molecular weight excluding hydrogens is 326 g/mol. The molecule has 0 aliphatic heterocycles. The molecule has 114 valence electrons. The Hall–Kier alpha value is -2.55. The minimum Gasteiger partial charge on any atom is -0.280 e. The molecule has 0 atom stereocenters. The average molecular weight is 339 g/mol. The number of hydrogen-bond donors (Lipinski definition) is 1. The summed E-state index contributed by atoms with van der Waals surface area (Å²) in [7, 11) is -3.58. The van der Waals surface area contributed by atoms with Crippen molar-refractivity contribution in [1.82, 2.24) is 0 Å². The monoisotopic (exact) mass is 339 g/mol. The molecule has 0 amide bonds. The predicted octanol–water partition coefficient (Wildman–Crippen LogP) is 3.95. The van der Waals surface area contributed by atoms with Crippen LogP contribution in [-0.2, 0) is 10.0 Å². The van der Waals surface area contributed by atoms with Crippen molar-refractivity contribution in [1.29, 1.82) is 0 Å². The first-order valence-corrected chi connectivity index (χ1v) is 9.23. The molecule has 0 aliphatic carbocycles. The number of nitrogens with one attached hydrogen (secondary N) is 1. The molecule has 0 radical (unpaired) electrons. The van der Waals surface area contributed by atoms with E-state index in [9.17, 15) is 8.42 Å². The van der Waals surface area contributed by atoms with Crippen molar-refractivity contribution in [2.45, 2.75) is 4.90 Å². The van der Waals surface area contributed by atoms with E-state index in [2.05, 4.69) is 16.6 Å². The van der Waals surface area contributed by atoms with Gasteiger partial charge in [0.25, 0.3) is 10.0 Å². The normalized spacial score (nSPS) is 10.6. The lowest BCUT2D eigenvalue weighted by atomic mass is 10.2. The van der Waals surface area contributed by atoms with Gasteiger partial charge in [-0.05, 0) is 41.8 Å². The maximum Gasteiger partial charge on any atom is 0.261 e. The van der Waals surface area contributed by atoms with E-state index < -0.39 is 10.0 Å². The first kappa shape index (κ1) is 15.3. The third-order valence-corrected chi connectivity index (χ3v) is 5.20. The highest BCUT2D eigenvalue weighted by atomic mass is 32.2. The van der Waals surface area contributed by atoms with Crippen molar-refractivity contribution >= 4 is 27.0 Å². The molecule has 0 unspecified atom stereocenters. The fourth-order valence-electron chi connectivity index (χ4n) is 1.96. The Kier molecular flexibility index (Phi) is 4.47. The standard InChI is InChI=1S/C18H13NO2S2/c20-23(21,18-9-2-1-3-10-18)19-16-7-4-6-15(14-16)11-12-17-8-5-13-22-17/h1-10,13-14,19H. The minimum atomic E-state index is -3.58. The zero-order chi connectivity index (χ0) is 16.1. The summed E-state index contributed by atoms with van der Waals surface area (Å²) in [5.41, 5.74) is 1.25. The molecule has 2 aromatic carbocycles. The SMILES string of the molecule is O=S(=O)(Nc1cccc(C#Cc2cccs2)c1)c1ccccc1. The molecule has 1 aromatic heterocycles. The lowest BCUT2D eigenvalue weighted by molar-refractivity contribution is 0.601. The van der Waals surface area contributed by atoms with E-state index in [1.807, 2.05) is 23.6 Å². The van der Waals surface area contributed by atoms with Gasteiger partial charge in [-0.3, -0.25) is 4.72 Å². The van der Waals surface area contributed by atoms with Gasteiger partial charge >= 0.3 is 0 Å². The number of benzene rings is 2. The van der Waals surface area contributed by atoms with E-state index in [1.165, 1.54) is 0 Å². The maximum absolute atomic E-state index is 12.3. The Morgan fingerprint density at radius 3 is 2.43 bits per heavy atom. The number of hydrogen-bond acceptors (Lipinski definition) is 3. The quantitative estimate of drug-likeness (QED) is 0.735. The summed E-state index contributed by atoms with van der Waals surface area (Å²) in [5.74, 6) is 6.09. The second-order valence-electron chi connectivity index (χ2n) is 4.73. The Labute approximate surface area is 139 Å². The summed E-state index contributed by atoms with van der Waals surface area (Å²) >= 11 is 1.57. The van der Waals surface area contributed by atoms with Crippen molar-refractivity contribution in [3.05, 3.63) is 82.6 Å². The highest BCUT2D eigenvalue weighted by molar-refractivity contribution is 7.92. The van der Waals surface area contributed by atoms with Gasteiger partial charge in [0.05, 0.1) is 15.5 Å². The average Bonchev–Trinajstić information content (AvgIpc) is 3.07. The highest BCUT2D eigenvalue weighted by Crippen LogP contribution is 2.17. The highest BCUT2D eigenvalue weighted by Gasteiger charge is 2.13. The van der Waals surface area contributed by atoms with Crippen LogP contribution in [0.5, 0.6) is 0 Å². The molecule has 0 spiro atoms. The molecule has 1 heterocycles. The number of sulfonamides is 1. The summed E-state index contributed by atoms with van der Waals surface area (Å²) < 4.78 is 27.2. The van der Waals surface area contributed by atoms with E-state index in [4.69, 9.17) is 0 Å². The Morgan fingerprint density at radius 1 is 0.870 bits per heavy atom. The molecule has 3 nitrogen and oxygen atoms in total. The van der Waals surface area contributed by atoms with Crippen LogP contribution in [0, 0.1) is 11.8 Å². The third-order valence-electron chi connectivity index (χ3n) is 3.02. The van der Waals surface area contributed by atoms with Gasteiger partial charge in [-0.2, -0.15) is 0 Å². The van der Waals surface area contributed by atoms with E-state index in [0.29, 0.717) is 5.69 Å². The minimum absolute atomic E-state index is 0.232. The molecule has 23 heavy (non-hydrogen) atoms. The first-order valence-electron chi connectivity index (χ1n) is 6.87. The maximum atomic E-state index is 12.3. The summed E-state index contributed by atoms with van der Waals surface area (Å²) in [5, 5.41) is 1.97. The molecule has 0 fully saturated rings. The van der Waals surface area contributed by atoms with Gasteiger partial charge in [-0.1, -0.05) is 42.2 Å². The Balaban J connectivity index is 1.83. The molecule has 0 bridgehead atoms. The Bertz CT molecular complexity index is 951. The van der Waals surface area contributed by atoms with Crippen LogP contribution >= 0.6 is 11.3 Å². The van der Waals surface area contributed by atoms with Crippen LogP contribution in [0.15, 0.2) is 77.0 Å². The fourth-order valence-corrected chi connectivity index (χ4v) is 3.60. The zero-order valence-electron chi connectivity index (χ0n) is 12.1. The molecular formula is C18H13NO2S2. The molecule has 1 N–H and O–H groups in total. The number of anilines is 1. The molecule has 3 aromatic rings. The fraction of sp³-hybridized carbons (Fsp3) is 0. The zero-order valence-corrected chi connectivity index (χ0v) is 13.7. The number of thiophene rings is 1. The van der Waals surface area contributed by atoms with Crippen LogP contribution in [0.3, 0.4) is 0 Å². The smallest absolute Gasteiger partial charge is 0.261 e. The molecule has 0 aliphatic rings. The first-order chi connectivity index (χ1) is 11.1. The summed E-state index contributed by atoms with van der Waals surface area (Å²) in [4.78, 5) is 1.20. The van der Waals surface area contributed by atoms with Gasteiger partial charge < -0.3 is 0 Å². The van der Waals surface area contributed by atoms with Crippen molar-refractivity contribution in [3.63, 3.8) is 0 Å². The van der Waals surface area contributed by atoms with Crippen molar-refractivity contribution in [2.24, 2.45) is 0 Å². The van der Waals surface area contributed by atoms with Crippen molar-refractivity contribution in [3.8, 4) is 11.8 Å². The van der Waals surface area contributed by atoms with Crippen LogP contribution in [0.1, 0.15) is 10.4 Å². The van der Waals surface area contributed by atoms with Gasteiger partial charge in [0.15, 0.2) is 0 Å². The molecule has 0 saturated carbocycles. The van der Waals surface area contributed by atoms with Crippen LogP contribution in [0.25, 0.3) is 0 Å². The summed E-state index contributed by atoms with van der Waals surface area (Å²) in [6.07, 6.45) is 0. The lowest BCUT2D eigenvalue weighted by Crippen LogP contribution is -2.12. The second kappa shape index (κ2) is 6.69. The van der Waals surface area contributed by atoms with E-state index in [0.717, 1.165) is 10.4 Å². The van der Waals surface area contributed by atoms with Gasteiger partial charge in [0.2, 0.25) is 0 Å². The van der Waals surface area contributed by atoms with Crippen LogP contribution in [0.2, 0.25) is 0 Å². The second-order valence-corrected chi connectivity index (χ2v) is 7.36. The van der Waals surface area contributed by atoms with Crippen molar-refractivity contribution in [2.75, 3.05) is 4.72 Å². The lowest BCUT2D eigenvalue weighted by Gasteiger charge is -2.08. The van der Waals surface area contributed by atoms with Gasteiger partial charge in [0, 0.05) is 5.56 Å². The molecule has 3 rings (SSSR count). The summed E-state index contributed by atoms with van der Waals surface area (Å²) in [6.45, 7) is 0. The largest absolute Gasteiger partial charge is 0.280 e. The van der Waals surface area contributed by atoms with Gasteiger partial charge in [0.1, 0.15) is 0 Å². The van der Waals surface area contributed by atoms with Crippen LogP contribution in [0.4, 0.5) is 5.69 Å². The third kappa shape index (κ3) is 4.01. The van der Waals surface area contributed by atoms with Crippen molar-refractivity contribution < 1.29 is 8.42 Å². The van der Waals surface area contributed by atoms with Gasteiger partial charge in [-0.15, -0.1) is 11.3 Å². The van der Waals surface area contributed by atoms with Crippen LogP contribution < -0.4 is 4.72 Å². The summed E-state index contributed by atoms with van der Waals surface area (Å²) in [6, 6.07) is 19.2. The van der Waals surface area contributed by atoms with Gasteiger partial charge in [-0.25, -0.2) is 8.42 Å². The van der Waals surface area contributed by atoms with E-state index in [1.54, 1.807) is 59.9 Å². The van der Waals surface area contributed by atoms with E-state index >= 15 is 0 Å². The van der Waals surface area contributed by atoms with E-state index in [-0.39, 0.29) is 4.90 Å². The molecule has 5 heteroatoms. The topological polar surface area (TPSA) is 46.2 Å².